The summed E-state index contributed by atoms with van der Waals surface area (Å²) < 4.78 is 0. The zero-order valence-electron chi connectivity index (χ0n) is 5.49. The highest BCUT2D eigenvalue weighted by Crippen LogP contribution is 1.84. The van der Waals surface area contributed by atoms with Crippen LogP contribution in [0.1, 0.15) is 20.8 Å². The first-order valence-electron chi connectivity index (χ1n) is 2.98. The number of rotatable bonds is 3. The molecule has 0 radical (unpaired) electrons. The van der Waals surface area contributed by atoms with Gasteiger partial charge in [-0.3, -0.25) is 0 Å². The van der Waals surface area contributed by atoms with Gasteiger partial charge < -0.3 is 5.32 Å². The number of hydrogen-bond donors (Lipinski definition) is 1. The van der Waals surface area contributed by atoms with Crippen LogP contribution in [0, 0.1) is 5.92 Å². The van der Waals surface area contributed by atoms with Crippen LogP contribution in [0.2, 0.25) is 0 Å². The molecule has 0 aliphatic rings. The lowest BCUT2D eigenvalue weighted by atomic mass is 10.2. The minimum atomic E-state index is 0.792. The molecule has 0 aromatic rings. The third kappa shape index (κ3) is 5.96. The van der Waals surface area contributed by atoms with E-state index in [-0.39, 0.29) is 0 Å². The average molecular weight is 101 g/mol. The number of hydrogen-bond acceptors (Lipinski definition) is 1. The third-order valence-electron chi connectivity index (χ3n) is 0.803. The second kappa shape index (κ2) is 4.13. The minimum Gasteiger partial charge on any atom is -0.317 e. The molecule has 44 valence electrons. The van der Waals surface area contributed by atoms with Crippen molar-refractivity contribution in [1.82, 2.24) is 5.32 Å². The molecule has 0 spiro atoms. The summed E-state index contributed by atoms with van der Waals surface area (Å²) >= 11 is 0. The normalized spacial score (nSPS) is 10.3. The standard InChI is InChI=1S/C6H15N/c1-4-7-5-6(2)3/h6-7H,4-5H2,1-3H3. The van der Waals surface area contributed by atoms with Crippen LogP contribution < -0.4 is 5.32 Å². The van der Waals surface area contributed by atoms with Crippen LogP contribution in [-0.2, 0) is 0 Å². The summed E-state index contributed by atoms with van der Waals surface area (Å²) in [6.45, 7) is 8.79. The van der Waals surface area contributed by atoms with Gasteiger partial charge in [0.1, 0.15) is 0 Å². The van der Waals surface area contributed by atoms with Gasteiger partial charge in [0.25, 0.3) is 0 Å². The van der Waals surface area contributed by atoms with E-state index in [1.54, 1.807) is 0 Å². The van der Waals surface area contributed by atoms with Crippen LogP contribution in [0.3, 0.4) is 0 Å². The summed E-state index contributed by atoms with van der Waals surface area (Å²) in [6, 6.07) is 0. The summed E-state index contributed by atoms with van der Waals surface area (Å²) in [7, 11) is 0. The Morgan fingerprint density at radius 3 is 2.14 bits per heavy atom. The molecule has 0 aliphatic heterocycles. The van der Waals surface area contributed by atoms with Crippen molar-refractivity contribution in [3.05, 3.63) is 0 Å². The lowest BCUT2D eigenvalue weighted by molar-refractivity contribution is 0.566. The molecule has 0 amide bonds. The van der Waals surface area contributed by atoms with E-state index in [9.17, 15) is 0 Å². The van der Waals surface area contributed by atoms with Crippen LogP contribution in [0.15, 0.2) is 0 Å². The van der Waals surface area contributed by atoms with E-state index < -0.39 is 0 Å². The summed E-state index contributed by atoms with van der Waals surface area (Å²) in [5.41, 5.74) is 0. The van der Waals surface area contributed by atoms with E-state index in [4.69, 9.17) is 0 Å². The van der Waals surface area contributed by atoms with Crippen LogP contribution in [0.4, 0.5) is 0 Å². The summed E-state index contributed by atoms with van der Waals surface area (Å²) in [6.07, 6.45) is 0. The molecule has 0 fully saturated rings. The summed E-state index contributed by atoms with van der Waals surface area (Å²) in [5.74, 6) is 0.792. The molecule has 0 aromatic heterocycles. The molecule has 0 unspecified atom stereocenters. The highest BCUT2D eigenvalue weighted by molar-refractivity contribution is 4.46. The van der Waals surface area contributed by atoms with Crippen molar-refractivity contribution in [3.8, 4) is 0 Å². The quantitative estimate of drug-likeness (QED) is 0.564. The van der Waals surface area contributed by atoms with Crippen molar-refractivity contribution in [2.24, 2.45) is 5.92 Å². The van der Waals surface area contributed by atoms with Crippen LogP contribution >= 0.6 is 0 Å². The van der Waals surface area contributed by atoms with Gasteiger partial charge in [0.05, 0.1) is 0 Å². The largest absolute Gasteiger partial charge is 0.317 e. The molecule has 1 heteroatoms. The minimum absolute atomic E-state index is 0.792. The Hall–Kier alpha value is -0.0400. The van der Waals surface area contributed by atoms with Crippen LogP contribution in [0.5, 0.6) is 0 Å². The zero-order valence-corrected chi connectivity index (χ0v) is 5.49. The Morgan fingerprint density at radius 2 is 2.00 bits per heavy atom. The fourth-order valence-electron chi connectivity index (χ4n) is 0.433. The van der Waals surface area contributed by atoms with Gasteiger partial charge in [-0.15, -0.1) is 0 Å². The molecular weight excluding hydrogens is 86.1 g/mol. The summed E-state index contributed by atoms with van der Waals surface area (Å²) in [4.78, 5) is 0. The van der Waals surface area contributed by atoms with E-state index >= 15 is 0 Å². The van der Waals surface area contributed by atoms with Crippen molar-refractivity contribution in [3.63, 3.8) is 0 Å². The van der Waals surface area contributed by atoms with Crippen molar-refractivity contribution in [1.29, 1.82) is 0 Å². The molecule has 0 heterocycles. The SMILES string of the molecule is CCNCC(C)C. The van der Waals surface area contributed by atoms with Crippen LogP contribution in [0.25, 0.3) is 0 Å². The Labute approximate surface area is 46.1 Å². The zero-order chi connectivity index (χ0) is 5.70. The van der Waals surface area contributed by atoms with E-state index in [2.05, 4.69) is 26.1 Å². The maximum atomic E-state index is 3.25. The molecule has 0 aliphatic carbocycles. The molecule has 0 aromatic carbocycles. The molecule has 0 atom stereocenters. The predicted molar refractivity (Wildman–Crippen MR) is 33.4 cm³/mol. The second-order valence-electron chi connectivity index (χ2n) is 2.20. The van der Waals surface area contributed by atoms with E-state index in [1.165, 1.54) is 0 Å². The van der Waals surface area contributed by atoms with Gasteiger partial charge in [0.15, 0.2) is 0 Å². The number of nitrogens with one attached hydrogen (secondary N) is 1. The molecular formula is C6H15N. The van der Waals surface area contributed by atoms with Gasteiger partial charge in [-0.05, 0) is 19.0 Å². The maximum absolute atomic E-state index is 3.25. The lowest BCUT2D eigenvalue weighted by Gasteiger charge is -2.01. The van der Waals surface area contributed by atoms with Gasteiger partial charge in [0, 0.05) is 0 Å². The van der Waals surface area contributed by atoms with Crippen molar-refractivity contribution < 1.29 is 0 Å². The van der Waals surface area contributed by atoms with Crippen molar-refractivity contribution in [2.75, 3.05) is 13.1 Å². The van der Waals surface area contributed by atoms with Gasteiger partial charge in [-0.2, -0.15) is 0 Å². The van der Waals surface area contributed by atoms with Crippen molar-refractivity contribution >= 4 is 0 Å². The van der Waals surface area contributed by atoms with Crippen molar-refractivity contribution in [2.45, 2.75) is 20.8 Å². The predicted octanol–water partition coefficient (Wildman–Crippen LogP) is 1.25. The van der Waals surface area contributed by atoms with Crippen LogP contribution in [-0.4, -0.2) is 13.1 Å². The summed E-state index contributed by atoms with van der Waals surface area (Å²) in [5, 5.41) is 3.25. The average Bonchev–Trinajstić information content (AvgIpc) is 1.61. The van der Waals surface area contributed by atoms with E-state index in [0.29, 0.717) is 0 Å². The highest BCUT2D eigenvalue weighted by atomic mass is 14.8. The molecule has 1 N–H and O–H groups in total. The molecule has 7 heavy (non-hydrogen) atoms. The second-order valence-corrected chi connectivity index (χ2v) is 2.20. The molecule has 1 nitrogen and oxygen atoms in total. The lowest BCUT2D eigenvalue weighted by Crippen LogP contribution is -2.18. The van der Waals surface area contributed by atoms with E-state index in [1.807, 2.05) is 0 Å². The smallest absolute Gasteiger partial charge is 0.00259 e. The first-order valence-corrected chi connectivity index (χ1v) is 2.98. The topological polar surface area (TPSA) is 12.0 Å². The third-order valence-corrected chi connectivity index (χ3v) is 0.803. The first-order chi connectivity index (χ1) is 3.27. The Morgan fingerprint density at radius 1 is 1.43 bits per heavy atom. The fraction of sp³-hybridized carbons (Fsp3) is 1.00. The first kappa shape index (κ1) is 6.96. The molecule has 0 saturated heterocycles. The van der Waals surface area contributed by atoms with Gasteiger partial charge in [-0.25, -0.2) is 0 Å². The van der Waals surface area contributed by atoms with Gasteiger partial charge >= 0.3 is 0 Å². The van der Waals surface area contributed by atoms with Gasteiger partial charge in [-0.1, -0.05) is 20.8 Å². The molecule has 0 rings (SSSR count). The van der Waals surface area contributed by atoms with Gasteiger partial charge in [0.2, 0.25) is 0 Å². The Bertz CT molecular complexity index is 33.2. The fourth-order valence-corrected chi connectivity index (χ4v) is 0.433. The van der Waals surface area contributed by atoms with E-state index in [0.717, 1.165) is 19.0 Å². The molecule has 0 bridgehead atoms. The Balaban J connectivity index is 2.68. The maximum Gasteiger partial charge on any atom is -0.00259 e. The monoisotopic (exact) mass is 101 g/mol. The molecule has 0 saturated carbocycles. The highest BCUT2D eigenvalue weighted by Gasteiger charge is 1.86. The Kier molecular flexibility index (Phi) is 4.10.